The maximum absolute atomic E-state index is 12.2. The normalized spacial score (nSPS) is 18.4. The van der Waals surface area contributed by atoms with Crippen LogP contribution in [-0.4, -0.2) is 18.4 Å². The van der Waals surface area contributed by atoms with E-state index in [1.54, 1.807) is 24.3 Å². The number of anilines is 1. The van der Waals surface area contributed by atoms with Crippen molar-refractivity contribution in [3.63, 3.8) is 0 Å². The number of carbonyl (C=O) groups is 2. The summed E-state index contributed by atoms with van der Waals surface area (Å²) in [6.07, 6.45) is 2.43. The number of rotatable bonds is 7. The lowest BCUT2D eigenvalue weighted by Gasteiger charge is -2.06. The minimum atomic E-state index is -0.242. The van der Waals surface area contributed by atoms with Gasteiger partial charge in [-0.25, -0.2) is 0 Å². The van der Waals surface area contributed by atoms with Crippen LogP contribution in [-0.2, 0) is 16.0 Å². The molecule has 25 heavy (non-hydrogen) atoms. The molecule has 0 bridgehead atoms. The van der Waals surface area contributed by atoms with Crippen LogP contribution in [0.4, 0.5) is 5.69 Å². The van der Waals surface area contributed by atoms with Crippen molar-refractivity contribution in [2.24, 2.45) is 11.8 Å². The summed E-state index contributed by atoms with van der Waals surface area (Å²) in [6.45, 7) is 0.632. The SMILES string of the molecule is O=C(NCCCc1ccccc1)C1CC1C(=O)Nc1cccc(Cl)c1. The Morgan fingerprint density at radius 2 is 1.76 bits per heavy atom. The fourth-order valence-corrected chi connectivity index (χ4v) is 3.05. The van der Waals surface area contributed by atoms with E-state index in [1.165, 1.54) is 5.56 Å². The maximum Gasteiger partial charge on any atom is 0.228 e. The molecular weight excluding hydrogens is 336 g/mol. The number of halogens is 1. The molecule has 0 spiro atoms. The Balaban J connectivity index is 1.37. The van der Waals surface area contributed by atoms with Crippen molar-refractivity contribution in [1.29, 1.82) is 0 Å². The van der Waals surface area contributed by atoms with Crippen molar-refractivity contribution >= 4 is 29.1 Å². The first-order valence-electron chi connectivity index (χ1n) is 8.51. The van der Waals surface area contributed by atoms with Gasteiger partial charge in [0, 0.05) is 17.3 Å². The van der Waals surface area contributed by atoms with Crippen LogP contribution in [0.15, 0.2) is 54.6 Å². The fraction of sp³-hybridized carbons (Fsp3) is 0.300. The van der Waals surface area contributed by atoms with Crippen LogP contribution in [0.2, 0.25) is 5.02 Å². The number of nitrogens with one attached hydrogen (secondary N) is 2. The third-order valence-corrected chi connectivity index (χ3v) is 4.58. The second-order valence-electron chi connectivity index (χ2n) is 6.33. The predicted octanol–water partition coefficient (Wildman–Crippen LogP) is 3.66. The molecule has 3 rings (SSSR count). The number of aryl methyl sites for hydroxylation is 1. The van der Waals surface area contributed by atoms with Gasteiger partial charge in [-0.3, -0.25) is 9.59 Å². The number of carbonyl (C=O) groups excluding carboxylic acids is 2. The minimum absolute atomic E-state index is 0.0284. The Hall–Kier alpha value is -2.33. The molecule has 1 fully saturated rings. The van der Waals surface area contributed by atoms with Crippen LogP contribution in [0.5, 0.6) is 0 Å². The maximum atomic E-state index is 12.2. The third kappa shape index (κ3) is 5.07. The molecule has 2 atom stereocenters. The molecular formula is C20H21ClN2O2. The topological polar surface area (TPSA) is 58.2 Å². The molecule has 0 radical (unpaired) electrons. The van der Waals surface area contributed by atoms with Crippen molar-refractivity contribution < 1.29 is 9.59 Å². The molecule has 5 heteroatoms. The summed E-state index contributed by atoms with van der Waals surface area (Å²) in [5, 5.41) is 6.32. The summed E-state index contributed by atoms with van der Waals surface area (Å²) in [5.41, 5.74) is 1.92. The zero-order chi connectivity index (χ0) is 17.6. The van der Waals surface area contributed by atoms with E-state index in [-0.39, 0.29) is 23.7 Å². The Morgan fingerprint density at radius 1 is 1.00 bits per heavy atom. The molecule has 2 aromatic rings. The van der Waals surface area contributed by atoms with Gasteiger partial charge in [0.05, 0.1) is 11.8 Å². The smallest absolute Gasteiger partial charge is 0.228 e. The minimum Gasteiger partial charge on any atom is -0.356 e. The number of amides is 2. The van der Waals surface area contributed by atoms with Gasteiger partial charge >= 0.3 is 0 Å². The van der Waals surface area contributed by atoms with Gasteiger partial charge in [-0.1, -0.05) is 48.0 Å². The van der Waals surface area contributed by atoms with Crippen LogP contribution in [0.3, 0.4) is 0 Å². The van der Waals surface area contributed by atoms with E-state index in [2.05, 4.69) is 22.8 Å². The highest BCUT2D eigenvalue weighted by Crippen LogP contribution is 2.39. The largest absolute Gasteiger partial charge is 0.356 e. The van der Waals surface area contributed by atoms with Crippen molar-refractivity contribution in [2.45, 2.75) is 19.3 Å². The molecule has 2 amide bonds. The second-order valence-corrected chi connectivity index (χ2v) is 6.76. The molecule has 0 saturated heterocycles. The number of benzene rings is 2. The molecule has 2 unspecified atom stereocenters. The van der Waals surface area contributed by atoms with Crippen LogP contribution in [0, 0.1) is 11.8 Å². The monoisotopic (exact) mass is 356 g/mol. The molecule has 130 valence electrons. The lowest BCUT2D eigenvalue weighted by molar-refractivity contribution is -0.125. The second kappa shape index (κ2) is 8.17. The first kappa shape index (κ1) is 17.5. The Labute approximate surface area is 152 Å². The van der Waals surface area contributed by atoms with E-state index < -0.39 is 0 Å². The highest BCUT2D eigenvalue weighted by atomic mass is 35.5. The van der Waals surface area contributed by atoms with E-state index in [4.69, 9.17) is 11.6 Å². The molecule has 2 aromatic carbocycles. The van der Waals surface area contributed by atoms with Crippen molar-refractivity contribution in [3.8, 4) is 0 Å². The Morgan fingerprint density at radius 3 is 2.52 bits per heavy atom. The summed E-state index contributed by atoms with van der Waals surface area (Å²) in [6, 6.07) is 17.2. The van der Waals surface area contributed by atoms with Crippen LogP contribution >= 0.6 is 11.6 Å². The van der Waals surface area contributed by atoms with Gasteiger partial charge in [-0.15, -0.1) is 0 Å². The summed E-state index contributed by atoms with van der Waals surface area (Å²) in [4.78, 5) is 24.3. The highest BCUT2D eigenvalue weighted by molar-refractivity contribution is 6.30. The van der Waals surface area contributed by atoms with E-state index in [9.17, 15) is 9.59 Å². The van der Waals surface area contributed by atoms with Gasteiger partial charge in [0.2, 0.25) is 11.8 Å². The van der Waals surface area contributed by atoms with Gasteiger partial charge in [0.1, 0.15) is 0 Å². The van der Waals surface area contributed by atoms with Crippen molar-refractivity contribution in [1.82, 2.24) is 5.32 Å². The Kier molecular flexibility index (Phi) is 5.71. The van der Waals surface area contributed by atoms with Crippen molar-refractivity contribution in [3.05, 3.63) is 65.2 Å². The summed E-state index contributed by atoms with van der Waals surface area (Å²) in [7, 11) is 0. The van der Waals surface area contributed by atoms with E-state index in [0.29, 0.717) is 23.7 Å². The molecule has 1 aliphatic rings. The standard InChI is InChI=1S/C20H21ClN2O2/c21-15-9-4-10-16(12-15)23-20(25)18-13-17(18)19(24)22-11-5-8-14-6-2-1-3-7-14/h1-4,6-7,9-10,12,17-18H,5,8,11,13H2,(H,22,24)(H,23,25). The van der Waals surface area contributed by atoms with Crippen LogP contribution < -0.4 is 10.6 Å². The molecule has 2 N–H and O–H groups in total. The van der Waals surface area contributed by atoms with Gasteiger partial charge in [0.25, 0.3) is 0 Å². The van der Waals surface area contributed by atoms with Gasteiger partial charge in [-0.05, 0) is 43.0 Å². The number of hydrogen-bond acceptors (Lipinski definition) is 2. The van der Waals surface area contributed by atoms with Gasteiger partial charge < -0.3 is 10.6 Å². The highest BCUT2D eigenvalue weighted by Gasteiger charge is 2.47. The first-order valence-corrected chi connectivity index (χ1v) is 8.89. The Bertz CT molecular complexity index is 748. The quantitative estimate of drug-likeness (QED) is 0.744. The van der Waals surface area contributed by atoms with E-state index in [0.717, 1.165) is 12.8 Å². The van der Waals surface area contributed by atoms with Gasteiger partial charge in [-0.2, -0.15) is 0 Å². The zero-order valence-corrected chi connectivity index (χ0v) is 14.6. The van der Waals surface area contributed by atoms with Crippen LogP contribution in [0.1, 0.15) is 18.4 Å². The predicted molar refractivity (Wildman–Crippen MR) is 99.5 cm³/mol. The molecule has 0 aromatic heterocycles. The molecule has 1 aliphatic carbocycles. The summed E-state index contributed by atoms with van der Waals surface area (Å²) >= 11 is 5.90. The summed E-state index contributed by atoms with van der Waals surface area (Å²) in [5.74, 6) is -0.602. The summed E-state index contributed by atoms with van der Waals surface area (Å²) < 4.78 is 0. The molecule has 0 aliphatic heterocycles. The zero-order valence-electron chi connectivity index (χ0n) is 13.9. The fourth-order valence-electron chi connectivity index (χ4n) is 2.86. The van der Waals surface area contributed by atoms with E-state index >= 15 is 0 Å². The third-order valence-electron chi connectivity index (χ3n) is 4.34. The van der Waals surface area contributed by atoms with Gasteiger partial charge in [0.15, 0.2) is 0 Å². The average molecular weight is 357 g/mol. The van der Waals surface area contributed by atoms with E-state index in [1.807, 2.05) is 18.2 Å². The molecule has 0 heterocycles. The van der Waals surface area contributed by atoms with Crippen molar-refractivity contribution in [2.75, 3.05) is 11.9 Å². The van der Waals surface area contributed by atoms with Crippen LogP contribution in [0.25, 0.3) is 0 Å². The molecule has 1 saturated carbocycles. The lowest BCUT2D eigenvalue weighted by Crippen LogP contribution is -2.28. The molecule has 4 nitrogen and oxygen atoms in total. The lowest BCUT2D eigenvalue weighted by atomic mass is 10.1. The average Bonchev–Trinajstić information content (AvgIpc) is 3.40. The first-order chi connectivity index (χ1) is 12.1. The number of hydrogen-bond donors (Lipinski definition) is 2.